The highest BCUT2D eigenvalue weighted by Crippen LogP contribution is 2.18. The Balaban J connectivity index is 2.04. The van der Waals surface area contributed by atoms with Gasteiger partial charge in [-0.2, -0.15) is 0 Å². The maximum Gasteiger partial charge on any atom is 0.317 e. The molecular weight excluding hydrogens is 250 g/mol. The lowest BCUT2D eigenvalue weighted by Gasteiger charge is -2.17. The van der Waals surface area contributed by atoms with E-state index in [1.807, 2.05) is 0 Å². The molecule has 0 spiro atoms. The zero-order valence-corrected chi connectivity index (χ0v) is 11.1. The van der Waals surface area contributed by atoms with Crippen molar-refractivity contribution in [1.29, 1.82) is 0 Å². The summed E-state index contributed by atoms with van der Waals surface area (Å²) in [5.74, 6) is -0.915. The van der Waals surface area contributed by atoms with Gasteiger partial charge in [0, 0.05) is 39.0 Å². The van der Waals surface area contributed by atoms with Crippen molar-refractivity contribution < 1.29 is 19.5 Å². The number of hydrogen-bond acceptors (Lipinski definition) is 3. The van der Waals surface area contributed by atoms with Gasteiger partial charge in [0.1, 0.15) is 0 Å². The van der Waals surface area contributed by atoms with Crippen LogP contribution in [0, 0.1) is 0 Å². The zero-order valence-electron chi connectivity index (χ0n) is 11.1. The minimum Gasteiger partial charge on any atom is -0.481 e. The van der Waals surface area contributed by atoms with E-state index in [2.05, 4.69) is 10.6 Å². The van der Waals surface area contributed by atoms with Gasteiger partial charge < -0.3 is 20.6 Å². The largest absolute Gasteiger partial charge is 0.481 e. The monoisotopic (exact) mass is 271 g/mol. The van der Waals surface area contributed by atoms with E-state index in [1.165, 1.54) is 4.90 Å². The van der Waals surface area contributed by atoms with Gasteiger partial charge in [0.25, 0.3) is 0 Å². The predicted molar refractivity (Wildman–Crippen MR) is 68.7 cm³/mol. The second kappa shape index (κ2) is 7.60. The number of rotatable bonds is 8. The first-order valence-corrected chi connectivity index (χ1v) is 6.49. The molecule has 19 heavy (non-hydrogen) atoms. The van der Waals surface area contributed by atoms with Crippen molar-refractivity contribution in [2.45, 2.75) is 38.1 Å². The van der Waals surface area contributed by atoms with Crippen LogP contribution in [0.3, 0.4) is 0 Å². The summed E-state index contributed by atoms with van der Waals surface area (Å²) >= 11 is 0. The van der Waals surface area contributed by atoms with Crippen LogP contribution >= 0.6 is 0 Å². The van der Waals surface area contributed by atoms with E-state index in [-0.39, 0.29) is 24.8 Å². The molecule has 7 nitrogen and oxygen atoms in total. The minimum atomic E-state index is -0.870. The maximum absolute atomic E-state index is 11.6. The van der Waals surface area contributed by atoms with Crippen molar-refractivity contribution in [1.82, 2.24) is 15.5 Å². The second-order valence-corrected chi connectivity index (χ2v) is 4.74. The average Bonchev–Trinajstić information content (AvgIpc) is 3.12. The topological polar surface area (TPSA) is 98.7 Å². The fourth-order valence-corrected chi connectivity index (χ4v) is 1.51. The molecule has 0 bridgehead atoms. The SMILES string of the molecule is CN(CCCC(=O)O)C(=O)NCCC(=O)NC1CC1. The molecule has 1 fully saturated rings. The number of carboxylic acids is 1. The molecule has 0 heterocycles. The molecule has 0 aromatic rings. The van der Waals surface area contributed by atoms with Gasteiger partial charge in [-0.1, -0.05) is 0 Å². The molecule has 0 saturated heterocycles. The summed E-state index contributed by atoms with van der Waals surface area (Å²) in [6, 6.07) is 0.0477. The van der Waals surface area contributed by atoms with Gasteiger partial charge in [0.2, 0.25) is 5.91 Å². The van der Waals surface area contributed by atoms with E-state index in [0.717, 1.165) is 12.8 Å². The Labute approximate surface area is 112 Å². The Bertz CT molecular complexity index is 342. The summed E-state index contributed by atoms with van der Waals surface area (Å²) in [5, 5.41) is 13.9. The Morgan fingerprint density at radius 3 is 2.53 bits per heavy atom. The first-order valence-electron chi connectivity index (χ1n) is 6.49. The number of carbonyl (C=O) groups excluding carboxylic acids is 2. The molecule has 3 N–H and O–H groups in total. The third-order valence-electron chi connectivity index (χ3n) is 2.80. The number of nitrogens with one attached hydrogen (secondary N) is 2. The number of hydrogen-bond donors (Lipinski definition) is 3. The van der Waals surface area contributed by atoms with Crippen LogP contribution in [0.4, 0.5) is 4.79 Å². The molecule has 3 amide bonds. The van der Waals surface area contributed by atoms with E-state index in [0.29, 0.717) is 25.6 Å². The van der Waals surface area contributed by atoms with Gasteiger partial charge in [-0.3, -0.25) is 9.59 Å². The minimum absolute atomic E-state index is 0.0431. The highest BCUT2D eigenvalue weighted by molar-refractivity contribution is 5.78. The van der Waals surface area contributed by atoms with Crippen molar-refractivity contribution in [3.05, 3.63) is 0 Å². The molecule has 0 aromatic heterocycles. The lowest BCUT2D eigenvalue weighted by molar-refractivity contribution is -0.137. The van der Waals surface area contributed by atoms with E-state index < -0.39 is 5.97 Å². The quantitative estimate of drug-likeness (QED) is 0.585. The highest BCUT2D eigenvalue weighted by Gasteiger charge is 2.22. The van der Waals surface area contributed by atoms with Crippen LogP contribution in [-0.2, 0) is 9.59 Å². The van der Waals surface area contributed by atoms with E-state index in [9.17, 15) is 14.4 Å². The van der Waals surface area contributed by atoms with Crippen molar-refractivity contribution >= 4 is 17.9 Å². The highest BCUT2D eigenvalue weighted by atomic mass is 16.4. The van der Waals surface area contributed by atoms with Crippen molar-refractivity contribution in [2.75, 3.05) is 20.1 Å². The van der Waals surface area contributed by atoms with Crippen LogP contribution in [0.5, 0.6) is 0 Å². The number of amides is 3. The number of carboxylic acid groups (broad SMARTS) is 1. The fourth-order valence-electron chi connectivity index (χ4n) is 1.51. The molecule has 1 rings (SSSR count). The number of aliphatic carboxylic acids is 1. The Morgan fingerprint density at radius 2 is 1.95 bits per heavy atom. The molecule has 0 radical (unpaired) electrons. The molecular formula is C12H21N3O4. The predicted octanol–water partition coefficient (Wildman–Crippen LogP) is 0.161. The standard InChI is InChI=1S/C12H21N3O4/c1-15(8-2-3-11(17)18)12(19)13-7-6-10(16)14-9-4-5-9/h9H,2-8H2,1H3,(H,13,19)(H,14,16)(H,17,18). The van der Waals surface area contributed by atoms with E-state index in [4.69, 9.17) is 5.11 Å². The van der Waals surface area contributed by atoms with Crippen LogP contribution in [0.25, 0.3) is 0 Å². The van der Waals surface area contributed by atoms with Crippen molar-refractivity contribution in [3.8, 4) is 0 Å². The Morgan fingerprint density at radius 1 is 1.26 bits per heavy atom. The molecule has 1 saturated carbocycles. The summed E-state index contributed by atoms with van der Waals surface area (Å²) in [4.78, 5) is 34.7. The molecule has 1 aliphatic carbocycles. The van der Waals surface area contributed by atoms with Gasteiger partial charge in [0.15, 0.2) is 0 Å². The number of nitrogens with zero attached hydrogens (tertiary/aromatic N) is 1. The van der Waals surface area contributed by atoms with E-state index >= 15 is 0 Å². The normalized spacial score (nSPS) is 13.7. The third-order valence-corrected chi connectivity index (χ3v) is 2.80. The number of carbonyl (C=O) groups is 3. The maximum atomic E-state index is 11.6. The summed E-state index contributed by atoms with van der Waals surface area (Å²) < 4.78 is 0. The molecule has 0 aliphatic heterocycles. The van der Waals surface area contributed by atoms with Crippen LogP contribution < -0.4 is 10.6 Å². The summed E-state index contributed by atoms with van der Waals surface area (Å²) in [6.45, 7) is 0.674. The second-order valence-electron chi connectivity index (χ2n) is 4.74. The van der Waals surface area contributed by atoms with Crippen molar-refractivity contribution in [3.63, 3.8) is 0 Å². The lowest BCUT2D eigenvalue weighted by Crippen LogP contribution is -2.39. The third kappa shape index (κ3) is 7.28. The first-order chi connectivity index (χ1) is 8.99. The summed E-state index contributed by atoms with van der Waals surface area (Å²) in [6.07, 6.45) is 2.82. The number of urea groups is 1. The zero-order chi connectivity index (χ0) is 14.3. The van der Waals surface area contributed by atoms with Gasteiger partial charge in [-0.15, -0.1) is 0 Å². The van der Waals surface area contributed by atoms with Crippen LogP contribution in [0.15, 0.2) is 0 Å². The van der Waals surface area contributed by atoms with Crippen LogP contribution in [0.2, 0.25) is 0 Å². The van der Waals surface area contributed by atoms with Gasteiger partial charge >= 0.3 is 12.0 Å². The van der Waals surface area contributed by atoms with Crippen LogP contribution in [0.1, 0.15) is 32.1 Å². The molecule has 108 valence electrons. The smallest absolute Gasteiger partial charge is 0.317 e. The van der Waals surface area contributed by atoms with Gasteiger partial charge in [-0.25, -0.2) is 4.79 Å². The molecule has 0 unspecified atom stereocenters. The van der Waals surface area contributed by atoms with Gasteiger partial charge in [0.05, 0.1) is 0 Å². The lowest BCUT2D eigenvalue weighted by atomic mass is 10.3. The molecule has 0 atom stereocenters. The average molecular weight is 271 g/mol. The van der Waals surface area contributed by atoms with Gasteiger partial charge in [-0.05, 0) is 19.3 Å². The summed E-state index contributed by atoms with van der Waals surface area (Å²) in [7, 11) is 1.60. The van der Waals surface area contributed by atoms with E-state index in [1.54, 1.807) is 7.05 Å². The Kier molecular flexibility index (Phi) is 6.11. The van der Waals surface area contributed by atoms with Crippen LogP contribution in [-0.4, -0.2) is 54.1 Å². The molecule has 0 aromatic carbocycles. The summed E-state index contributed by atoms with van der Waals surface area (Å²) in [5.41, 5.74) is 0. The molecule has 1 aliphatic rings. The Hall–Kier alpha value is -1.79. The molecule has 7 heteroatoms. The first kappa shape index (κ1) is 15.3. The fraction of sp³-hybridized carbons (Fsp3) is 0.750. The van der Waals surface area contributed by atoms with Crippen molar-refractivity contribution in [2.24, 2.45) is 0 Å².